The summed E-state index contributed by atoms with van der Waals surface area (Å²) in [7, 11) is 0. The summed E-state index contributed by atoms with van der Waals surface area (Å²) in [5, 5.41) is 3.27. The molecule has 1 saturated heterocycles. The summed E-state index contributed by atoms with van der Waals surface area (Å²) < 4.78 is 5.26. The topological polar surface area (TPSA) is 84.2 Å². The van der Waals surface area contributed by atoms with Gasteiger partial charge in [0, 0.05) is 36.8 Å². The lowest BCUT2D eigenvalue weighted by molar-refractivity contribution is -0.127. The van der Waals surface area contributed by atoms with Crippen LogP contribution >= 0.6 is 0 Å². The number of hydrogen-bond donors (Lipinski definition) is 1. The summed E-state index contributed by atoms with van der Waals surface area (Å²) in [4.78, 5) is 28.1. The number of aryl methyl sites for hydroxylation is 2. The van der Waals surface area contributed by atoms with Gasteiger partial charge in [0.05, 0.1) is 12.0 Å². The number of amides is 1. The number of nitrogens with one attached hydrogen (secondary N) is 1. The molecule has 154 valence electrons. The van der Waals surface area contributed by atoms with Crippen molar-refractivity contribution in [2.75, 3.05) is 18.4 Å². The highest BCUT2D eigenvalue weighted by atomic mass is 16.3. The molecule has 4 rings (SSSR count). The molecule has 0 radical (unpaired) electrons. The highest BCUT2D eigenvalue weighted by molar-refractivity contribution is 5.91. The summed E-state index contributed by atoms with van der Waals surface area (Å²) in [6.45, 7) is 5.23. The summed E-state index contributed by atoms with van der Waals surface area (Å²) in [6.07, 6.45) is 6.80. The van der Waals surface area contributed by atoms with Crippen molar-refractivity contribution < 1.29 is 9.21 Å². The molecule has 0 aromatic carbocycles. The highest BCUT2D eigenvalue weighted by Crippen LogP contribution is 2.28. The van der Waals surface area contributed by atoms with Gasteiger partial charge in [-0.05, 0) is 57.0 Å². The van der Waals surface area contributed by atoms with Crippen molar-refractivity contribution in [3.05, 3.63) is 71.7 Å². The minimum atomic E-state index is -0.0100. The van der Waals surface area contributed by atoms with Crippen molar-refractivity contribution in [2.24, 2.45) is 0 Å². The second-order valence-corrected chi connectivity index (χ2v) is 7.49. The fraction of sp³-hybridized carbons (Fsp3) is 0.304. The maximum Gasteiger partial charge on any atom is 0.246 e. The van der Waals surface area contributed by atoms with Crippen LogP contribution in [0.3, 0.4) is 0 Å². The number of likely N-dealkylation sites (tertiary alicyclic amines) is 1. The van der Waals surface area contributed by atoms with Crippen molar-refractivity contribution in [3.63, 3.8) is 0 Å². The van der Waals surface area contributed by atoms with Crippen molar-refractivity contribution in [3.8, 4) is 0 Å². The third-order valence-corrected chi connectivity index (χ3v) is 5.09. The SMILES string of the molecule is Cc1cccc(Nc2cc([C@@H]3CCCN(C(=O)/C=C/c4ccco4)C3)nc(C)n2)n1. The molecule has 4 heterocycles. The van der Waals surface area contributed by atoms with Crippen LogP contribution in [0.15, 0.2) is 53.2 Å². The first-order chi connectivity index (χ1) is 14.6. The zero-order valence-corrected chi connectivity index (χ0v) is 17.2. The first kappa shape index (κ1) is 19.8. The number of carbonyl (C=O) groups is 1. The van der Waals surface area contributed by atoms with Crippen molar-refractivity contribution in [2.45, 2.75) is 32.6 Å². The van der Waals surface area contributed by atoms with Gasteiger partial charge in [0.15, 0.2) is 0 Å². The third-order valence-electron chi connectivity index (χ3n) is 5.09. The number of furan rings is 1. The Balaban J connectivity index is 1.47. The molecule has 3 aromatic heterocycles. The summed E-state index contributed by atoms with van der Waals surface area (Å²) in [5.74, 6) is 3.00. The Kier molecular flexibility index (Phi) is 5.88. The normalized spacial score (nSPS) is 16.7. The van der Waals surface area contributed by atoms with Crippen LogP contribution in [0.2, 0.25) is 0 Å². The molecule has 0 aliphatic carbocycles. The molecule has 1 aliphatic heterocycles. The maximum atomic E-state index is 12.6. The standard InChI is InChI=1S/C23H25N5O2/c1-16-6-3-9-21(24-16)27-22-14-20(25-17(2)26-22)18-7-4-12-28(15-18)23(29)11-10-19-8-5-13-30-19/h3,5-6,8-11,13-14,18H,4,7,12,15H2,1-2H3,(H,24,25,26,27)/b11-10+/t18-/m1/s1. The average Bonchev–Trinajstić information content (AvgIpc) is 3.25. The second-order valence-electron chi connectivity index (χ2n) is 7.49. The van der Waals surface area contributed by atoms with E-state index in [9.17, 15) is 4.79 Å². The van der Waals surface area contributed by atoms with E-state index in [2.05, 4.69) is 20.3 Å². The van der Waals surface area contributed by atoms with Gasteiger partial charge < -0.3 is 14.6 Å². The predicted octanol–water partition coefficient (Wildman–Crippen LogP) is 4.24. The molecule has 1 aliphatic rings. The van der Waals surface area contributed by atoms with E-state index in [-0.39, 0.29) is 11.8 Å². The Hall–Kier alpha value is -3.48. The lowest BCUT2D eigenvalue weighted by Gasteiger charge is -2.32. The first-order valence-corrected chi connectivity index (χ1v) is 10.1. The van der Waals surface area contributed by atoms with E-state index in [1.54, 1.807) is 24.5 Å². The Morgan fingerprint density at radius 2 is 2.07 bits per heavy atom. The van der Waals surface area contributed by atoms with Gasteiger partial charge in [-0.1, -0.05) is 6.07 Å². The van der Waals surface area contributed by atoms with E-state index >= 15 is 0 Å². The van der Waals surface area contributed by atoms with Crippen molar-refractivity contribution in [1.82, 2.24) is 19.9 Å². The summed E-state index contributed by atoms with van der Waals surface area (Å²) in [5.41, 5.74) is 1.89. The van der Waals surface area contributed by atoms with Crippen LogP contribution in [0.4, 0.5) is 11.6 Å². The van der Waals surface area contributed by atoms with E-state index in [1.165, 1.54) is 0 Å². The van der Waals surface area contributed by atoms with Crippen LogP contribution < -0.4 is 5.32 Å². The number of piperidine rings is 1. The molecule has 1 N–H and O–H groups in total. The molecule has 0 bridgehead atoms. The largest absolute Gasteiger partial charge is 0.465 e. The van der Waals surface area contributed by atoms with Gasteiger partial charge in [-0.15, -0.1) is 0 Å². The number of nitrogens with zero attached hydrogens (tertiary/aromatic N) is 4. The molecular formula is C23H25N5O2. The van der Waals surface area contributed by atoms with Crippen LogP contribution in [-0.4, -0.2) is 38.8 Å². The van der Waals surface area contributed by atoms with Gasteiger partial charge in [-0.25, -0.2) is 15.0 Å². The van der Waals surface area contributed by atoms with Crippen LogP contribution in [-0.2, 0) is 4.79 Å². The van der Waals surface area contributed by atoms with Gasteiger partial charge in [-0.2, -0.15) is 0 Å². The van der Waals surface area contributed by atoms with E-state index < -0.39 is 0 Å². The molecule has 0 saturated carbocycles. The van der Waals surface area contributed by atoms with Crippen molar-refractivity contribution >= 4 is 23.6 Å². The number of aromatic nitrogens is 3. The lowest BCUT2D eigenvalue weighted by atomic mass is 9.94. The molecule has 1 amide bonds. The second kappa shape index (κ2) is 8.90. The van der Waals surface area contributed by atoms with Gasteiger partial charge in [0.25, 0.3) is 0 Å². The van der Waals surface area contributed by atoms with Crippen LogP contribution in [0.5, 0.6) is 0 Å². The zero-order chi connectivity index (χ0) is 20.9. The summed E-state index contributed by atoms with van der Waals surface area (Å²) >= 11 is 0. The fourth-order valence-corrected chi connectivity index (χ4v) is 3.67. The quantitative estimate of drug-likeness (QED) is 0.642. The predicted molar refractivity (Wildman–Crippen MR) is 115 cm³/mol. The van der Waals surface area contributed by atoms with E-state index in [1.807, 2.05) is 49.1 Å². The average molecular weight is 403 g/mol. The number of carbonyl (C=O) groups excluding carboxylic acids is 1. The molecule has 3 aromatic rings. The molecule has 1 fully saturated rings. The fourth-order valence-electron chi connectivity index (χ4n) is 3.67. The summed E-state index contributed by atoms with van der Waals surface area (Å²) in [6, 6.07) is 11.4. The van der Waals surface area contributed by atoms with Crippen LogP contribution in [0, 0.1) is 13.8 Å². The molecule has 0 unspecified atom stereocenters. The molecule has 7 nitrogen and oxygen atoms in total. The Bertz CT molecular complexity index is 1050. The monoisotopic (exact) mass is 403 g/mol. The number of anilines is 2. The third kappa shape index (κ3) is 4.92. The van der Waals surface area contributed by atoms with Gasteiger partial charge in [0.1, 0.15) is 23.2 Å². The Morgan fingerprint density at radius 1 is 1.17 bits per heavy atom. The Morgan fingerprint density at radius 3 is 2.87 bits per heavy atom. The van der Waals surface area contributed by atoms with E-state index in [0.29, 0.717) is 18.1 Å². The Labute approximate surface area is 175 Å². The van der Waals surface area contributed by atoms with E-state index in [0.717, 1.165) is 42.4 Å². The van der Waals surface area contributed by atoms with Gasteiger partial charge >= 0.3 is 0 Å². The minimum absolute atomic E-state index is 0.0100. The highest BCUT2D eigenvalue weighted by Gasteiger charge is 2.25. The smallest absolute Gasteiger partial charge is 0.246 e. The number of rotatable bonds is 5. The van der Waals surface area contributed by atoms with Crippen LogP contribution in [0.1, 0.15) is 41.7 Å². The van der Waals surface area contributed by atoms with E-state index in [4.69, 9.17) is 4.42 Å². The van der Waals surface area contributed by atoms with Crippen molar-refractivity contribution in [1.29, 1.82) is 0 Å². The molecule has 7 heteroatoms. The molecule has 30 heavy (non-hydrogen) atoms. The number of hydrogen-bond acceptors (Lipinski definition) is 6. The molecule has 0 spiro atoms. The van der Waals surface area contributed by atoms with Gasteiger partial charge in [0.2, 0.25) is 5.91 Å². The molecular weight excluding hydrogens is 378 g/mol. The molecule has 1 atom stereocenters. The maximum absolute atomic E-state index is 12.6. The van der Waals surface area contributed by atoms with Gasteiger partial charge in [-0.3, -0.25) is 4.79 Å². The minimum Gasteiger partial charge on any atom is -0.465 e. The lowest BCUT2D eigenvalue weighted by Crippen LogP contribution is -2.38. The first-order valence-electron chi connectivity index (χ1n) is 10.1. The zero-order valence-electron chi connectivity index (χ0n) is 17.2. The van der Waals surface area contributed by atoms with Crippen LogP contribution in [0.25, 0.3) is 6.08 Å². The number of pyridine rings is 1.